The number of aliphatic hydroxyl groups is 1. The molecule has 27 heavy (non-hydrogen) atoms. The SMILES string of the molecule is COCC(=O)N[C@H]1CC[C@@H](CC(=O)NCc2ccccc2OC)O[C@@H]1CO. The summed E-state index contributed by atoms with van der Waals surface area (Å²) in [6, 6.07) is 7.21. The Morgan fingerprint density at radius 1 is 1.22 bits per heavy atom. The Balaban J connectivity index is 1.80. The van der Waals surface area contributed by atoms with Crippen LogP contribution in [-0.4, -0.2) is 62.6 Å². The Morgan fingerprint density at radius 2 is 2.00 bits per heavy atom. The number of amides is 2. The zero-order valence-electron chi connectivity index (χ0n) is 15.8. The number of carbonyl (C=O) groups is 2. The minimum absolute atomic E-state index is 0.0383. The molecule has 0 spiro atoms. The number of rotatable bonds is 9. The summed E-state index contributed by atoms with van der Waals surface area (Å²) >= 11 is 0. The van der Waals surface area contributed by atoms with Gasteiger partial charge in [0.1, 0.15) is 18.5 Å². The first-order chi connectivity index (χ1) is 13.1. The highest BCUT2D eigenvalue weighted by atomic mass is 16.5. The number of methoxy groups -OCH3 is 2. The highest BCUT2D eigenvalue weighted by Gasteiger charge is 2.32. The minimum atomic E-state index is -0.536. The summed E-state index contributed by atoms with van der Waals surface area (Å²) in [6.45, 7) is 0.107. The first-order valence-corrected chi connectivity index (χ1v) is 9.00. The number of nitrogens with one attached hydrogen (secondary N) is 2. The molecule has 2 rings (SSSR count). The summed E-state index contributed by atoms with van der Waals surface area (Å²) in [7, 11) is 3.04. The van der Waals surface area contributed by atoms with Crippen LogP contribution >= 0.6 is 0 Å². The second kappa shape index (κ2) is 10.9. The van der Waals surface area contributed by atoms with Gasteiger partial charge in [0.05, 0.1) is 32.3 Å². The highest BCUT2D eigenvalue weighted by molar-refractivity contribution is 5.77. The second-order valence-corrected chi connectivity index (χ2v) is 6.46. The quantitative estimate of drug-likeness (QED) is 0.572. The van der Waals surface area contributed by atoms with Crippen LogP contribution in [0.15, 0.2) is 24.3 Å². The summed E-state index contributed by atoms with van der Waals surface area (Å²) in [5, 5.41) is 15.2. The van der Waals surface area contributed by atoms with Crippen molar-refractivity contribution in [2.75, 3.05) is 27.4 Å². The van der Waals surface area contributed by atoms with Gasteiger partial charge in [-0.15, -0.1) is 0 Å². The van der Waals surface area contributed by atoms with Crippen LogP contribution in [0.5, 0.6) is 5.75 Å². The Bertz CT molecular complexity index is 624. The summed E-state index contributed by atoms with van der Waals surface area (Å²) in [5.74, 6) is 0.337. The molecule has 3 atom stereocenters. The van der Waals surface area contributed by atoms with E-state index in [2.05, 4.69) is 10.6 Å². The predicted molar refractivity (Wildman–Crippen MR) is 98.2 cm³/mol. The van der Waals surface area contributed by atoms with Crippen molar-refractivity contribution in [3.8, 4) is 5.75 Å². The summed E-state index contributed by atoms with van der Waals surface area (Å²) in [4.78, 5) is 23.9. The minimum Gasteiger partial charge on any atom is -0.496 e. The van der Waals surface area contributed by atoms with Gasteiger partial charge in [-0.3, -0.25) is 9.59 Å². The normalized spacial score (nSPS) is 22.1. The van der Waals surface area contributed by atoms with Gasteiger partial charge in [-0.05, 0) is 18.9 Å². The maximum Gasteiger partial charge on any atom is 0.246 e. The van der Waals surface area contributed by atoms with Crippen molar-refractivity contribution in [2.24, 2.45) is 0 Å². The maximum atomic E-state index is 12.2. The molecule has 1 fully saturated rings. The predicted octanol–water partition coefficient (Wildman–Crippen LogP) is 0.373. The van der Waals surface area contributed by atoms with Crippen molar-refractivity contribution >= 4 is 11.8 Å². The zero-order chi connectivity index (χ0) is 19.6. The molecule has 1 aliphatic heterocycles. The van der Waals surface area contributed by atoms with Crippen LogP contribution in [0, 0.1) is 0 Å². The van der Waals surface area contributed by atoms with E-state index in [1.54, 1.807) is 7.11 Å². The third-order valence-electron chi connectivity index (χ3n) is 4.50. The largest absolute Gasteiger partial charge is 0.496 e. The van der Waals surface area contributed by atoms with Crippen molar-refractivity contribution in [3.05, 3.63) is 29.8 Å². The van der Waals surface area contributed by atoms with Crippen molar-refractivity contribution in [1.82, 2.24) is 10.6 Å². The molecule has 2 amide bonds. The first-order valence-electron chi connectivity index (χ1n) is 9.00. The molecule has 150 valence electrons. The van der Waals surface area contributed by atoms with Crippen LogP contribution < -0.4 is 15.4 Å². The Labute approximate surface area is 159 Å². The standard InChI is InChI=1S/C19H28N2O6/c1-25-12-19(24)21-15-8-7-14(27-17(15)11-22)9-18(23)20-10-13-5-3-4-6-16(13)26-2/h3-6,14-15,17,22H,7-12H2,1-2H3,(H,20,23)(H,21,24)/t14-,15-,17+/m0/s1. The van der Waals surface area contributed by atoms with Gasteiger partial charge in [-0.1, -0.05) is 18.2 Å². The van der Waals surface area contributed by atoms with Gasteiger partial charge >= 0.3 is 0 Å². The van der Waals surface area contributed by atoms with Crippen LogP contribution in [0.3, 0.4) is 0 Å². The molecular formula is C19H28N2O6. The molecule has 0 radical (unpaired) electrons. The number of hydrogen-bond donors (Lipinski definition) is 3. The lowest BCUT2D eigenvalue weighted by molar-refractivity contribution is -0.137. The average Bonchev–Trinajstić information content (AvgIpc) is 2.68. The van der Waals surface area contributed by atoms with E-state index in [-0.39, 0.29) is 43.6 Å². The number of hydrogen-bond acceptors (Lipinski definition) is 6. The fourth-order valence-corrected chi connectivity index (χ4v) is 3.15. The fourth-order valence-electron chi connectivity index (χ4n) is 3.15. The molecule has 8 nitrogen and oxygen atoms in total. The number of para-hydroxylation sites is 1. The van der Waals surface area contributed by atoms with Crippen molar-refractivity contribution in [1.29, 1.82) is 0 Å². The molecule has 3 N–H and O–H groups in total. The van der Waals surface area contributed by atoms with E-state index in [9.17, 15) is 14.7 Å². The summed E-state index contributed by atoms with van der Waals surface area (Å²) in [6.07, 6.45) is 0.619. The Hall–Kier alpha value is -2.16. The van der Waals surface area contributed by atoms with Gasteiger partial charge in [0, 0.05) is 19.2 Å². The summed E-state index contributed by atoms with van der Waals surface area (Å²) < 4.78 is 15.9. The Kier molecular flexibility index (Phi) is 8.50. The van der Waals surface area contributed by atoms with E-state index >= 15 is 0 Å². The topological polar surface area (TPSA) is 106 Å². The van der Waals surface area contributed by atoms with Gasteiger partial charge in [0.15, 0.2) is 0 Å². The number of ether oxygens (including phenoxy) is 3. The highest BCUT2D eigenvalue weighted by Crippen LogP contribution is 2.22. The van der Waals surface area contributed by atoms with Crippen LogP contribution in [0.2, 0.25) is 0 Å². The third-order valence-corrected chi connectivity index (χ3v) is 4.50. The number of benzene rings is 1. The van der Waals surface area contributed by atoms with E-state index < -0.39 is 6.10 Å². The lowest BCUT2D eigenvalue weighted by Crippen LogP contribution is -2.52. The van der Waals surface area contributed by atoms with Crippen LogP contribution in [0.1, 0.15) is 24.8 Å². The molecule has 0 saturated carbocycles. The van der Waals surface area contributed by atoms with E-state index in [0.717, 1.165) is 11.3 Å². The van der Waals surface area contributed by atoms with E-state index in [4.69, 9.17) is 14.2 Å². The molecule has 1 aromatic rings. The van der Waals surface area contributed by atoms with Crippen molar-refractivity contribution < 1.29 is 28.9 Å². The molecule has 1 heterocycles. The second-order valence-electron chi connectivity index (χ2n) is 6.46. The molecule has 0 bridgehead atoms. The zero-order valence-corrected chi connectivity index (χ0v) is 15.8. The number of aliphatic hydroxyl groups excluding tert-OH is 1. The molecule has 0 aliphatic carbocycles. The average molecular weight is 380 g/mol. The lowest BCUT2D eigenvalue weighted by Gasteiger charge is -2.35. The fraction of sp³-hybridized carbons (Fsp3) is 0.579. The molecule has 0 unspecified atom stereocenters. The van der Waals surface area contributed by atoms with E-state index in [1.165, 1.54) is 7.11 Å². The van der Waals surface area contributed by atoms with Gasteiger partial charge in [-0.2, -0.15) is 0 Å². The van der Waals surface area contributed by atoms with Crippen LogP contribution in [-0.2, 0) is 25.6 Å². The van der Waals surface area contributed by atoms with Gasteiger partial charge < -0.3 is 30.0 Å². The Morgan fingerprint density at radius 3 is 2.70 bits per heavy atom. The van der Waals surface area contributed by atoms with Crippen molar-refractivity contribution in [2.45, 2.75) is 44.1 Å². The monoisotopic (exact) mass is 380 g/mol. The molecule has 0 aromatic heterocycles. The molecule has 1 aromatic carbocycles. The maximum absolute atomic E-state index is 12.2. The van der Waals surface area contributed by atoms with Crippen LogP contribution in [0.25, 0.3) is 0 Å². The molecule has 1 saturated heterocycles. The van der Waals surface area contributed by atoms with Gasteiger partial charge in [0.2, 0.25) is 11.8 Å². The molecule has 1 aliphatic rings. The number of carbonyl (C=O) groups excluding carboxylic acids is 2. The van der Waals surface area contributed by atoms with Gasteiger partial charge in [0.25, 0.3) is 0 Å². The summed E-state index contributed by atoms with van der Waals surface area (Å²) in [5.41, 5.74) is 0.895. The lowest BCUT2D eigenvalue weighted by atomic mass is 9.97. The van der Waals surface area contributed by atoms with E-state index in [1.807, 2.05) is 24.3 Å². The first kappa shape index (κ1) is 21.1. The smallest absolute Gasteiger partial charge is 0.246 e. The van der Waals surface area contributed by atoms with E-state index in [0.29, 0.717) is 19.4 Å². The van der Waals surface area contributed by atoms with Crippen LogP contribution in [0.4, 0.5) is 0 Å². The molecule has 8 heteroatoms. The van der Waals surface area contributed by atoms with Crippen molar-refractivity contribution in [3.63, 3.8) is 0 Å². The third kappa shape index (κ3) is 6.50. The van der Waals surface area contributed by atoms with Gasteiger partial charge in [-0.25, -0.2) is 0 Å². The molecular weight excluding hydrogens is 352 g/mol.